The molecule has 2 heterocycles. The number of hydrogen-bond acceptors (Lipinski definition) is 3. The van der Waals surface area contributed by atoms with E-state index in [0.29, 0.717) is 12.1 Å². The van der Waals surface area contributed by atoms with Gasteiger partial charge in [-0.2, -0.15) is 0 Å². The van der Waals surface area contributed by atoms with Crippen LogP contribution in [0.4, 0.5) is 5.69 Å². The number of aliphatic hydroxyl groups is 2. The molecule has 0 spiro atoms. The van der Waals surface area contributed by atoms with Gasteiger partial charge in [-0.15, -0.1) is 0 Å². The van der Waals surface area contributed by atoms with Gasteiger partial charge in [-0.05, 0) is 38.2 Å². The van der Waals surface area contributed by atoms with Gasteiger partial charge in [0.1, 0.15) is 0 Å². The van der Waals surface area contributed by atoms with E-state index in [4.69, 9.17) is 0 Å². The van der Waals surface area contributed by atoms with E-state index in [1.165, 1.54) is 5.69 Å². The van der Waals surface area contributed by atoms with Gasteiger partial charge >= 0.3 is 0 Å². The molecule has 19 heavy (non-hydrogen) atoms. The minimum absolute atomic E-state index is 0.142. The maximum atomic E-state index is 10.2. The Balaban J connectivity index is 1.95. The molecule has 2 fully saturated rings. The highest BCUT2D eigenvalue weighted by molar-refractivity contribution is 5.57. The molecule has 3 nitrogen and oxygen atoms in total. The van der Waals surface area contributed by atoms with Crippen LogP contribution in [0.1, 0.15) is 50.7 Å². The van der Waals surface area contributed by atoms with Gasteiger partial charge in [0.15, 0.2) is 0 Å². The predicted octanol–water partition coefficient (Wildman–Crippen LogP) is 2.62. The molecule has 2 bridgehead atoms. The zero-order valence-electron chi connectivity index (χ0n) is 11.5. The molecule has 1 aromatic carbocycles. The molecular formula is C16H23NO2. The van der Waals surface area contributed by atoms with Gasteiger partial charge in [0, 0.05) is 23.3 Å². The van der Waals surface area contributed by atoms with Crippen LogP contribution in [0, 0.1) is 0 Å². The molecule has 0 radical (unpaired) electrons. The normalized spacial score (nSPS) is 31.5. The molecule has 0 saturated carbocycles. The number of benzene rings is 1. The lowest BCUT2D eigenvalue weighted by atomic mass is 9.96. The molecule has 0 aliphatic carbocycles. The van der Waals surface area contributed by atoms with E-state index in [1.807, 2.05) is 25.1 Å². The molecule has 3 heteroatoms. The van der Waals surface area contributed by atoms with E-state index < -0.39 is 0 Å². The average Bonchev–Trinajstić information content (AvgIpc) is 2.70. The van der Waals surface area contributed by atoms with E-state index >= 15 is 0 Å². The highest BCUT2D eigenvalue weighted by Crippen LogP contribution is 2.42. The summed E-state index contributed by atoms with van der Waals surface area (Å²) in [6, 6.07) is 9.09. The van der Waals surface area contributed by atoms with Gasteiger partial charge in [-0.3, -0.25) is 0 Å². The second-order valence-electron chi connectivity index (χ2n) is 5.90. The monoisotopic (exact) mass is 261 g/mol. The van der Waals surface area contributed by atoms with Gasteiger partial charge in [0.2, 0.25) is 0 Å². The molecule has 2 N–H and O–H groups in total. The molecule has 3 rings (SSSR count). The minimum Gasteiger partial charge on any atom is -0.393 e. The highest BCUT2D eigenvalue weighted by atomic mass is 16.3. The fourth-order valence-corrected chi connectivity index (χ4v) is 3.77. The zero-order valence-corrected chi connectivity index (χ0v) is 11.5. The van der Waals surface area contributed by atoms with Crippen LogP contribution >= 0.6 is 0 Å². The second-order valence-corrected chi connectivity index (χ2v) is 5.90. The number of fused-ring (bicyclic) bond motifs is 2. The van der Waals surface area contributed by atoms with Crippen molar-refractivity contribution in [2.45, 2.75) is 63.3 Å². The number of anilines is 1. The molecule has 2 aliphatic rings. The van der Waals surface area contributed by atoms with Crippen LogP contribution in [0.5, 0.6) is 0 Å². The van der Waals surface area contributed by atoms with Gasteiger partial charge < -0.3 is 15.1 Å². The van der Waals surface area contributed by atoms with Crippen LogP contribution in [0.3, 0.4) is 0 Å². The summed E-state index contributed by atoms with van der Waals surface area (Å²) in [7, 11) is 0. The zero-order chi connectivity index (χ0) is 13.4. The second kappa shape index (κ2) is 5.14. The van der Waals surface area contributed by atoms with Crippen molar-refractivity contribution < 1.29 is 10.2 Å². The third-order valence-electron chi connectivity index (χ3n) is 4.67. The van der Waals surface area contributed by atoms with Gasteiger partial charge in [0.05, 0.1) is 12.2 Å². The fraction of sp³-hybridized carbons (Fsp3) is 0.625. The van der Waals surface area contributed by atoms with Gasteiger partial charge in [-0.25, -0.2) is 0 Å². The summed E-state index contributed by atoms with van der Waals surface area (Å²) >= 11 is 0. The lowest BCUT2D eigenvalue weighted by Gasteiger charge is -2.40. The Kier molecular flexibility index (Phi) is 3.50. The van der Waals surface area contributed by atoms with Crippen LogP contribution < -0.4 is 4.90 Å². The summed E-state index contributed by atoms with van der Waals surface area (Å²) in [4.78, 5) is 2.46. The molecule has 2 aliphatic heterocycles. The van der Waals surface area contributed by atoms with Crippen LogP contribution in [-0.2, 0) is 0 Å². The quantitative estimate of drug-likeness (QED) is 0.879. The molecule has 0 amide bonds. The smallest absolute Gasteiger partial charge is 0.0807 e. The van der Waals surface area contributed by atoms with Crippen LogP contribution in [0.15, 0.2) is 24.3 Å². The summed E-state index contributed by atoms with van der Waals surface area (Å²) < 4.78 is 0. The Morgan fingerprint density at radius 3 is 2.47 bits per heavy atom. The van der Waals surface area contributed by atoms with Gasteiger partial charge in [-0.1, -0.05) is 25.1 Å². The Morgan fingerprint density at radius 1 is 1.21 bits per heavy atom. The van der Waals surface area contributed by atoms with E-state index in [9.17, 15) is 10.2 Å². The largest absolute Gasteiger partial charge is 0.393 e. The molecule has 104 valence electrons. The van der Waals surface area contributed by atoms with Crippen molar-refractivity contribution in [3.8, 4) is 0 Å². The first kappa shape index (κ1) is 12.9. The van der Waals surface area contributed by atoms with Crippen LogP contribution in [0.2, 0.25) is 0 Å². The summed E-state index contributed by atoms with van der Waals surface area (Å²) in [5, 5.41) is 20.1. The van der Waals surface area contributed by atoms with Crippen molar-refractivity contribution in [3.63, 3.8) is 0 Å². The number of nitrogens with zero attached hydrogens (tertiary/aromatic N) is 1. The molecule has 1 aromatic rings. The predicted molar refractivity (Wildman–Crippen MR) is 76.2 cm³/mol. The van der Waals surface area contributed by atoms with E-state index in [2.05, 4.69) is 11.0 Å². The number of rotatable bonds is 3. The maximum Gasteiger partial charge on any atom is 0.0807 e. The molecular weight excluding hydrogens is 238 g/mol. The average molecular weight is 261 g/mol. The number of para-hydroxylation sites is 1. The van der Waals surface area contributed by atoms with Crippen molar-refractivity contribution in [2.24, 2.45) is 0 Å². The first-order valence-corrected chi connectivity index (χ1v) is 7.44. The lowest BCUT2D eigenvalue weighted by molar-refractivity contribution is 0.125. The fourth-order valence-electron chi connectivity index (χ4n) is 3.77. The van der Waals surface area contributed by atoms with Crippen molar-refractivity contribution in [3.05, 3.63) is 29.8 Å². The Hall–Kier alpha value is -1.06. The summed E-state index contributed by atoms with van der Waals surface area (Å²) in [6.07, 6.45) is 4.28. The first-order valence-electron chi connectivity index (χ1n) is 7.44. The Bertz CT molecular complexity index is 434. The van der Waals surface area contributed by atoms with Crippen LogP contribution in [0.25, 0.3) is 0 Å². The first-order chi connectivity index (χ1) is 9.20. The minimum atomic E-state index is -0.387. The standard InChI is InChI=1S/C16H23NO2/c1-2-16(19)14-5-3-4-6-15(14)17-11-7-8-12(17)10-13(18)9-11/h3-6,11-13,16,18-19H,2,7-10H2,1H3. The van der Waals surface area contributed by atoms with Crippen molar-refractivity contribution in [1.29, 1.82) is 0 Å². The Labute approximate surface area is 114 Å². The van der Waals surface area contributed by atoms with E-state index in [-0.39, 0.29) is 12.2 Å². The lowest BCUT2D eigenvalue weighted by Crippen LogP contribution is -2.45. The maximum absolute atomic E-state index is 10.2. The van der Waals surface area contributed by atoms with Crippen LogP contribution in [-0.4, -0.2) is 28.4 Å². The van der Waals surface area contributed by atoms with E-state index in [0.717, 1.165) is 37.7 Å². The summed E-state index contributed by atoms with van der Waals surface area (Å²) in [6.45, 7) is 2.01. The molecule has 3 unspecified atom stereocenters. The van der Waals surface area contributed by atoms with E-state index in [1.54, 1.807) is 0 Å². The molecule has 3 atom stereocenters. The van der Waals surface area contributed by atoms with Gasteiger partial charge in [0.25, 0.3) is 0 Å². The van der Waals surface area contributed by atoms with Crippen molar-refractivity contribution in [2.75, 3.05) is 4.90 Å². The van der Waals surface area contributed by atoms with Crippen molar-refractivity contribution in [1.82, 2.24) is 0 Å². The van der Waals surface area contributed by atoms with Crippen molar-refractivity contribution >= 4 is 5.69 Å². The molecule has 0 aromatic heterocycles. The summed E-state index contributed by atoms with van der Waals surface area (Å²) in [5.41, 5.74) is 2.22. The Morgan fingerprint density at radius 2 is 1.84 bits per heavy atom. The number of piperidine rings is 1. The third-order valence-corrected chi connectivity index (χ3v) is 4.67. The SMILES string of the molecule is CCC(O)c1ccccc1N1C2CCC1CC(O)C2. The number of hydrogen-bond donors (Lipinski definition) is 2. The topological polar surface area (TPSA) is 43.7 Å². The highest BCUT2D eigenvalue weighted by Gasteiger charge is 2.41. The summed E-state index contributed by atoms with van der Waals surface area (Å²) in [5.74, 6) is 0. The number of aliphatic hydroxyl groups excluding tert-OH is 2. The third kappa shape index (κ3) is 2.26. The molecule has 2 saturated heterocycles.